The maximum Gasteiger partial charge on any atom is 0.408 e. The molecule has 2 aromatic rings. The van der Waals surface area contributed by atoms with Crippen molar-refractivity contribution < 1.29 is 33.8 Å². The Balaban J connectivity index is 1.96. The fraction of sp³-hybridized carbons (Fsp3) is 0.269. The third kappa shape index (κ3) is 10.6. The Morgan fingerprint density at radius 2 is 1.51 bits per heavy atom. The van der Waals surface area contributed by atoms with Crippen molar-refractivity contribution in [2.24, 2.45) is 5.92 Å². The zero-order valence-electron chi connectivity index (χ0n) is 20.5. The van der Waals surface area contributed by atoms with Crippen LogP contribution < -0.4 is 16.1 Å². The summed E-state index contributed by atoms with van der Waals surface area (Å²) in [6, 6.07) is 16.9. The number of nitrogens with zero attached hydrogens (tertiary/aromatic N) is 1. The predicted octanol–water partition coefficient (Wildman–Crippen LogP) is 1.75. The van der Waals surface area contributed by atoms with Crippen LogP contribution in [0, 0.1) is 5.92 Å². The van der Waals surface area contributed by atoms with E-state index in [1.54, 1.807) is 38.1 Å². The molecular formula is C26H30N4O7. The molecule has 0 unspecified atom stereocenters. The lowest BCUT2D eigenvalue weighted by molar-refractivity contribution is -0.148. The Morgan fingerprint density at radius 3 is 2.08 bits per heavy atom. The summed E-state index contributed by atoms with van der Waals surface area (Å²) in [6.07, 6.45) is 0.921. The molecule has 0 radical (unpaired) electrons. The number of alkyl carbamates (subject to hydrolysis) is 1. The Bertz CT molecular complexity index is 1100. The van der Waals surface area contributed by atoms with E-state index in [2.05, 4.69) is 16.1 Å². The van der Waals surface area contributed by atoms with Gasteiger partial charge in [0.05, 0.1) is 0 Å². The summed E-state index contributed by atoms with van der Waals surface area (Å²) in [5.74, 6) is -4.18. The summed E-state index contributed by atoms with van der Waals surface area (Å²) < 4.78 is 5.14. The quantitative estimate of drug-likeness (QED) is 0.265. The molecular weight excluding hydrogens is 480 g/mol. The molecule has 0 heterocycles. The average Bonchev–Trinajstić information content (AvgIpc) is 2.88. The average molecular weight is 511 g/mol. The van der Waals surface area contributed by atoms with E-state index in [1.165, 1.54) is 0 Å². The molecule has 0 aliphatic carbocycles. The van der Waals surface area contributed by atoms with Crippen LogP contribution in [0.2, 0.25) is 0 Å². The molecule has 196 valence electrons. The first-order chi connectivity index (χ1) is 17.7. The minimum atomic E-state index is -1.40. The highest BCUT2D eigenvalue weighted by atomic mass is 16.5. The standard InChI is InChI=1S/C26H30N4O7/c1-18(2)24(28-26(36)37-17-20-11-7-4-8-12-20)25(35)29-30(16-23(33)34)22(32)14-13-21(31)27-15-19-9-5-3-6-10-19/h3-14,18,24H,15-17H2,1-2H3,(H,27,31)(H,28,36)(H,29,35)(H,33,34)/t24-/m0/s1. The Kier molecular flexibility index (Phi) is 11.3. The van der Waals surface area contributed by atoms with E-state index in [9.17, 15) is 24.0 Å². The monoisotopic (exact) mass is 510 g/mol. The van der Waals surface area contributed by atoms with Crippen molar-refractivity contribution in [3.63, 3.8) is 0 Å². The van der Waals surface area contributed by atoms with E-state index < -0.39 is 48.3 Å². The largest absolute Gasteiger partial charge is 0.480 e. The number of rotatable bonds is 11. The molecule has 1 atom stereocenters. The van der Waals surface area contributed by atoms with Crippen molar-refractivity contribution in [1.29, 1.82) is 0 Å². The second kappa shape index (κ2) is 14.7. The SMILES string of the molecule is CC(C)[C@H](NC(=O)OCc1ccccc1)C(=O)NN(CC(=O)O)C(=O)C=CC(=O)NCc1ccccc1. The van der Waals surface area contributed by atoms with E-state index in [-0.39, 0.29) is 13.2 Å². The first kappa shape index (κ1) is 28.6. The number of benzene rings is 2. The second-order valence-electron chi connectivity index (χ2n) is 8.26. The fourth-order valence-electron chi connectivity index (χ4n) is 3.02. The molecule has 2 rings (SSSR count). The van der Waals surface area contributed by atoms with Crippen LogP contribution >= 0.6 is 0 Å². The lowest BCUT2D eigenvalue weighted by atomic mass is 10.0. The van der Waals surface area contributed by atoms with Crippen LogP contribution in [0.15, 0.2) is 72.8 Å². The van der Waals surface area contributed by atoms with Crippen molar-refractivity contribution in [2.45, 2.75) is 33.0 Å². The first-order valence-electron chi connectivity index (χ1n) is 11.5. The van der Waals surface area contributed by atoms with Gasteiger partial charge < -0.3 is 20.5 Å². The van der Waals surface area contributed by atoms with Gasteiger partial charge in [-0.1, -0.05) is 74.5 Å². The highest BCUT2D eigenvalue weighted by Crippen LogP contribution is 2.05. The topological polar surface area (TPSA) is 154 Å². The molecule has 0 aliphatic rings. The van der Waals surface area contributed by atoms with Crippen molar-refractivity contribution in [2.75, 3.05) is 6.54 Å². The molecule has 0 fully saturated rings. The van der Waals surface area contributed by atoms with Gasteiger partial charge in [0.25, 0.3) is 11.8 Å². The molecule has 11 nitrogen and oxygen atoms in total. The number of ether oxygens (including phenoxy) is 1. The van der Waals surface area contributed by atoms with Crippen molar-refractivity contribution >= 4 is 29.8 Å². The number of hydrazine groups is 1. The molecule has 2 aromatic carbocycles. The lowest BCUT2D eigenvalue weighted by Gasteiger charge is -2.26. The number of carboxylic acid groups (broad SMARTS) is 1. The van der Waals surface area contributed by atoms with Gasteiger partial charge in [0, 0.05) is 18.7 Å². The summed E-state index contributed by atoms with van der Waals surface area (Å²) in [5.41, 5.74) is 3.80. The zero-order chi connectivity index (χ0) is 27.2. The van der Waals surface area contributed by atoms with Crippen molar-refractivity contribution in [1.82, 2.24) is 21.1 Å². The second-order valence-corrected chi connectivity index (χ2v) is 8.26. The normalized spacial score (nSPS) is 11.4. The summed E-state index contributed by atoms with van der Waals surface area (Å²) in [5, 5.41) is 14.7. The first-order valence-corrected chi connectivity index (χ1v) is 11.5. The molecule has 4 N–H and O–H groups in total. The number of hydrogen-bond donors (Lipinski definition) is 4. The van der Waals surface area contributed by atoms with Crippen LogP contribution in [0.3, 0.4) is 0 Å². The van der Waals surface area contributed by atoms with Gasteiger partial charge in [-0.15, -0.1) is 0 Å². The summed E-state index contributed by atoms with van der Waals surface area (Å²) in [7, 11) is 0. The van der Waals surface area contributed by atoms with E-state index in [4.69, 9.17) is 9.84 Å². The molecule has 0 aromatic heterocycles. The Hall–Kier alpha value is -4.67. The van der Waals surface area contributed by atoms with Gasteiger partial charge in [0.1, 0.15) is 19.2 Å². The number of carboxylic acids is 1. The minimum Gasteiger partial charge on any atom is -0.480 e. The van der Waals surface area contributed by atoms with Crippen LogP contribution in [-0.4, -0.2) is 52.5 Å². The lowest BCUT2D eigenvalue weighted by Crippen LogP contribution is -2.56. The van der Waals surface area contributed by atoms with Crippen LogP contribution in [-0.2, 0) is 37.1 Å². The van der Waals surface area contributed by atoms with Gasteiger partial charge in [0.2, 0.25) is 5.91 Å². The maximum atomic E-state index is 12.8. The molecule has 0 spiro atoms. The van der Waals surface area contributed by atoms with Crippen LogP contribution in [0.25, 0.3) is 0 Å². The number of aliphatic carboxylic acids is 1. The third-order valence-electron chi connectivity index (χ3n) is 4.93. The molecule has 0 bridgehead atoms. The van der Waals surface area contributed by atoms with E-state index in [0.717, 1.165) is 23.3 Å². The molecule has 0 saturated carbocycles. The number of hydrogen-bond acceptors (Lipinski definition) is 6. The highest BCUT2D eigenvalue weighted by Gasteiger charge is 2.28. The molecule has 11 heteroatoms. The fourth-order valence-corrected chi connectivity index (χ4v) is 3.02. The Morgan fingerprint density at radius 1 is 0.919 bits per heavy atom. The van der Waals surface area contributed by atoms with Gasteiger partial charge in [-0.2, -0.15) is 0 Å². The minimum absolute atomic E-state index is 0.0140. The number of amides is 4. The van der Waals surface area contributed by atoms with Gasteiger partial charge in [-0.3, -0.25) is 24.6 Å². The van der Waals surface area contributed by atoms with Gasteiger partial charge >= 0.3 is 12.1 Å². The van der Waals surface area contributed by atoms with Crippen LogP contribution in [0.1, 0.15) is 25.0 Å². The summed E-state index contributed by atoms with van der Waals surface area (Å²) >= 11 is 0. The van der Waals surface area contributed by atoms with Gasteiger partial charge in [-0.25, -0.2) is 9.80 Å². The zero-order valence-corrected chi connectivity index (χ0v) is 20.5. The van der Waals surface area contributed by atoms with Crippen LogP contribution in [0.5, 0.6) is 0 Å². The van der Waals surface area contributed by atoms with Crippen molar-refractivity contribution in [3.05, 3.63) is 83.9 Å². The van der Waals surface area contributed by atoms with E-state index in [0.29, 0.717) is 5.01 Å². The smallest absolute Gasteiger partial charge is 0.408 e. The van der Waals surface area contributed by atoms with Crippen LogP contribution in [0.4, 0.5) is 4.79 Å². The third-order valence-corrected chi connectivity index (χ3v) is 4.93. The maximum absolute atomic E-state index is 12.8. The number of carbonyl (C=O) groups is 5. The molecule has 37 heavy (non-hydrogen) atoms. The van der Waals surface area contributed by atoms with Gasteiger partial charge in [0.15, 0.2) is 0 Å². The van der Waals surface area contributed by atoms with Gasteiger partial charge in [-0.05, 0) is 17.0 Å². The van der Waals surface area contributed by atoms with E-state index >= 15 is 0 Å². The summed E-state index contributed by atoms with van der Waals surface area (Å²) in [4.78, 5) is 60.9. The predicted molar refractivity (Wildman–Crippen MR) is 133 cm³/mol. The summed E-state index contributed by atoms with van der Waals surface area (Å²) in [6.45, 7) is 2.66. The van der Waals surface area contributed by atoms with E-state index in [1.807, 2.05) is 36.4 Å². The van der Waals surface area contributed by atoms with Crippen molar-refractivity contribution in [3.8, 4) is 0 Å². The number of nitrogens with one attached hydrogen (secondary N) is 3. The molecule has 0 saturated heterocycles. The molecule has 4 amide bonds. The molecule has 0 aliphatic heterocycles. The number of carbonyl (C=O) groups excluding carboxylic acids is 4. The highest BCUT2D eigenvalue weighted by molar-refractivity contribution is 5.98. The Labute approximate surface area is 214 Å².